The fraction of sp³-hybridized carbons (Fsp3) is 0.316. The largest absolute Gasteiger partial charge is 0.493 e. The van der Waals surface area contributed by atoms with Gasteiger partial charge < -0.3 is 30.6 Å². The molecule has 7 nitrogen and oxygen atoms in total. The minimum Gasteiger partial charge on any atom is -0.493 e. The second-order valence-electron chi connectivity index (χ2n) is 5.51. The number of nitrogens with zero attached hydrogens (tertiary/aromatic N) is 1. The topological polar surface area (TPSA) is 90.1 Å². The Balaban J connectivity index is 0.00000364. The van der Waals surface area contributed by atoms with Crippen LogP contribution in [0.4, 0.5) is 11.4 Å². The predicted octanol–water partition coefficient (Wildman–Crippen LogP) is 3.31. The van der Waals surface area contributed by atoms with Gasteiger partial charge in [0.25, 0.3) is 0 Å². The molecule has 0 aliphatic rings. The molecule has 0 atom stereocenters. The van der Waals surface area contributed by atoms with E-state index in [1.807, 2.05) is 42.5 Å². The standard InChI is InChI=1S/C19H26N4O3.HI/c1-24-11-10-21-15-6-4-14(5-7-15)13-22-19(20)23-16-8-9-17(25-2)18(12-16)26-3;/h4-9,12,21H,10-11,13H2,1-3H3,(H3,20,22,23);1H. The van der Waals surface area contributed by atoms with Gasteiger partial charge in [0.2, 0.25) is 0 Å². The molecule has 0 bridgehead atoms. The third-order valence-electron chi connectivity index (χ3n) is 3.68. The van der Waals surface area contributed by atoms with E-state index in [-0.39, 0.29) is 24.0 Å². The van der Waals surface area contributed by atoms with Crippen molar-refractivity contribution in [3.8, 4) is 11.5 Å². The van der Waals surface area contributed by atoms with E-state index in [2.05, 4.69) is 15.6 Å². The fourth-order valence-corrected chi connectivity index (χ4v) is 2.30. The van der Waals surface area contributed by atoms with E-state index in [0.717, 1.165) is 23.5 Å². The predicted molar refractivity (Wildman–Crippen MR) is 121 cm³/mol. The molecule has 0 aromatic heterocycles. The normalized spacial score (nSPS) is 10.7. The second-order valence-corrected chi connectivity index (χ2v) is 5.51. The van der Waals surface area contributed by atoms with Crippen LogP contribution >= 0.6 is 24.0 Å². The van der Waals surface area contributed by atoms with Crippen molar-refractivity contribution >= 4 is 41.3 Å². The lowest BCUT2D eigenvalue weighted by Gasteiger charge is -2.11. The van der Waals surface area contributed by atoms with Crippen LogP contribution in [0, 0.1) is 0 Å². The Morgan fingerprint density at radius 3 is 2.26 bits per heavy atom. The summed E-state index contributed by atoms with van der Waals surface area (Å²) < 4.78 is 15.5. The van der Waals surface area contributed by atoms with Crippen LogP contribution in [0.15, 0.2) is 47.5 Å². The van der Waals surface area contributed by atoms with Gasteiger partial charge >= 0.3 is 0 Å². The van der Waals surface area contributed by atoms with Gasteiger partial charge in [0.05, 0.1) is 27.4 Å². The van der Waals surface area contributed by atoms with Crippen molar-refractivity contribution in [2.45, 2.75) is 6.54 Å². The number of hydrogen-bond acceptors (Lipinski definition) is 5. The van der Waals surface area contributed by atoms with Gasteiger partial charge in [-0.3, -0.25) is 0 Å². The monoisotopic (exact) mass is 486 g/mol. The fourth-order valence-electron chi connectivity index (χ4n) is 2.30. The molecule has 0 spiro atoms. The summed E-state index contributed by atoms with van der Waals surface area (Å²) in [6, 6.07) is 13.5. The highest BCUT2D eigenvalue weighted by Gasteiger charge is 2.05. The lowest BCUT2D eigenvalue weighted by molar-refractivity contribution is 0.211. The molecule has 27 heavy (non-hydrogen) atoms. The van der Waals surface area contributed by atoms with Crippen molar-refractivity contribution in [3.63, 3.8) is 0 Å². The number of nitrogens with one attached hydrogen (secondary N) is 2. The number of hydrogen-bond donors (Lipinski definition) is 3. The molecule has 0 fully saturated rings. The van der Waals surface area contributed by atoms with Gasteiger partial charge in [-0.25, -0.2) is 4.99 Å². The molecule has 0 saturated carbocycles. The molecule has 2 aromatic rings. The first-order valence-electron chi connectivity index (χ1n) is 8.27. The van der Waals surface area contributed by atoms with Crippen LogP contribution < -0.4 is 25.8 Å². The first kappa shape index (κ1) is 22.8. The van der Waals surface area contributed by atoms with E-state index in [4.69, 9.17) is 19.9 Å². The van der Waals surface area contributed by atoms with E-state index in [1.165, 1.54) is 0 Å². The number of guanidine groups is 1. The SMILES string of the molecule is COCCNc1ccc(CN=C(N)Nc2ccc(OC)c(OC)c2)cc1.I. The maximum Gasteiger partial charge on any atom is 0.193 e. The van der Waals surface area contributed by atoms with Crippen LogP contribution in [0.1, 0.15) is 5.56 Å². The van der Waals surface area contributed by atoms with Gasteiger partial charge in [0.1, 0.15) is 0 Å². The van der Waals surface area contributed by atoms with Crippen LogP contribution in [0.2, 0.25) is 0 Å². The van der Waals surface area contributed by atoms with Crippen LogP contribution in [0.25, 0.3) is 0 Å². The number of halogens is 1. The average molecular weight is 486 g/mol. The zero-order chi connectivity index (χ0) is 18.8. The Bertz CT molecular complexity index is 723. The highest BCUT2D eigenvalue weighted by molar-refractivity contribution is 14.0. The molecule has 0 saturated heterocycles. The maximum absolute atomic E-state index is 5.97. The molecule has 0 unspecified atom stereocenters. The van der Waals surface area contributed by atoms with Crippen molar-refractivity contribution in [3.05, 3.63) is 48.0 Å². The van der Waals surface area contributed by atoms with E-state index in [0.29, 0.717) is 30.6 Å². The minimum atomic E-state index is 0. The lowest BCUT2D eigenvalue weighted by atomic mass is 10.2. The summed E-state index contributed by atoms with van der Waals surface area (Å²) in [5.41, 5.74) is 8.86. The molecule has 0 aliphatic heterocycles. The highest BCUT2D eigenvalue weighted by Crippen LogP contribution is 2.29. The van der Waals surface area contributed by atoms with Gasteiger partial charge in [0.15, 0.2) is 17.5 Å². The van der Waals surface area contributed by atoms with Crippen molar-refractivity contribution in [2.24, 2.45) is 10.7 Å². The summed E-state index contributed by atoms with van der Waals surface area (Å²) in [7, 11) is 4.87. The number of nitrogens with two attached hydrogens (primary N) is 1. The molecule has 0 heterocycles. The van der Waals surface area contributed by atoms with E-state index < -0.39 is 0 Å². The first-order valence-corrected chi connectivity index (χ1v) is 8.27. The van der Waals surface area contributed by atoms with Crippen molar-refractivity contribution in [1.29, 1.82) is 0 Å². The Morgan fingerprint density at radius 2 is 1.63 bits per heavy atom. The summed E-state index contributed by atoms with van der Waals surface area (Å²) in [6.07, 6.45) is 0. The molecular weight excluding hydrogens is 459 g/mol. The number of benzene rings is 2. The number of anilines is 2. The Morgan fingerprint density at radius 1 is 0.963 bits per heavy atom. The number of ether oxygens (including phenoxy) is 3. The van der Waals surface area contributed by atoms with Crippen LogP contribution in [0.5, 0.6) is 11.5 Å². The summed E-state index contributed by atoms with van der Waals surface area (Å²) in [5.74, 6) is 1.62. The van der Waals surface area contributed by atoms with Gasteiger partial charge in [-0.15, -0.1) is 24.0 Å². The van der Waals surface area contributed by atoms with Gasteiger partial charge in [-0.1, -0.05) is 12.1 Å². The number of rotatable bonds is 9. The third kappa shape index (κ3) is 7.51. The van der Waals surface area contributed by atoms with Crippen molar-refractivity contribution < 1.29 is 14.2 Å². The average Bonchev–Trinajstić information content (AvgIpc) is 2.67. The summed E-state index contributed by atoms with van der Waals surface area (Å²) in [5, 5.41) is 6.32. The molecule has 148 valence electrons. The van der Waals surface area contributed by atoms with Gasteiger partial charge in [0, 0.05) is 31.1 Å². The van der Waals surface area contributed by atoms with Crippen LogP contribution in [-0.2, 0) is 11.3 Å². The Kier molecular flexibility index (Phi) is 10.3. The van der Waals surface area contributed by atoms with Crippen molar-refractivity contribution in [1.82, 2.24) is 0 Å². The summed E-state index contributed by atoms with van der Waals surface area (Å²) in [4.78, 5) is 4.36. The first-order chi connectivity index (χ1) is 12.7. The van der Waals surface area contributed by atoms with E-state index in [9.17, 15) is 0 Å². The van der Waals surface area contributed by atoms with Crippen LogP contribution in [-0.4, -0.2) is 40.4 Å². The smallest absolute Gasteiger partial charge is 0.193 e. The second kappa shape index (κ2) is 12.2. The zero-order valence-electron chi connectivity index (χ0n) is 15.8. The summed E-state index contributed by atoms with van der Waals surface area (Å²) in [6.45, 7) is 1.94. The highest BCUT2D eigenvalue weighted by atomic mass is 127. The molecule has 0 aliphatic carbocycles. The molecule has 0 amide bonds. The molecular formula is C19H27IN4O3. The van der Waals surface area contributed by atoms with E-state index >= 15 is 0 Å². The number of methoxy groups -OCH3 is 3. The van der Waals surface area contributed by atoms with Gasteiger partial charge in [-0.2, -0.15) is 0 Å². The Labute approximate surface area is 177 Å². The molecule has 0 radical (unpaired) electrons. The Hall–Kier alpha value is -2.20. The maximum atomic E-state index is 5.97. The quantitative estimate of drug-likeness (QED) is 0.218. The van der Waals surface area contributed by atoms with E-state index in [1.54, 1.807) is 21.3 Å². The third-order valence-corrected chi connectivity index (χ3v) is 3.68. The minimum absolute atomic E-state index is 0. The zero-order valence-corrected chi connectivity index (χ0v) is 18.2. The molecule has 2 rings (SSSR count). The lowest BCUT2D eigenvalue weighted by Crippen LogP contribution is -2.22. The summed E-state index contributed by atoms with van der Waals surface area (Å²) >= 11 is 0. The van der Waals surface area contributed by atoms with Gasteiger partial charge in [-0.05, 0) is 29.8 Å². The number of aliphatic imine (C=N–C) groups is 1. The molecule has 4 N–H and O–H groups in total. The van der Waals surface area contributed by atoms with Crippen molar-refractivity contribution in [2.75, 3.05) is 45.1 Å². The van der Waals surface area contributed by atoms with Crippen LogP contribution in [0.3, 0.4) is 0 Å². The molecule has 2 aromatic carbocycles. The molecule has 8 heteroatoms.